The molecule has 1 heterocycles. The van der Waals surface area contributed by atoms with Crippen molar-refractivity contribution in [3.05, 3.63) is 18.3 Å². The molecule has 0 saturated carbocycles. The molecule has 1 aromatic heterocycles. The predicted octanol–water partition coefficient (Wildman–Crippen LogP) is 1.00. The zero-order chi connectivity index (χ0) is 11.5. The van der Waals surface area contributed by atoms with Gasteiger partial charge in [-0.1, -0.05) is 0 Å². The molecule has 1 aromatic rings. The molecule has 0 amide bonds. The first-order chi connectivity index (χ1) is 6.90. The summed E-state index contributed by atoms with van der Waals surface area (Å²) >= 11 is 0. The van der Waals surface area contributed by atoms with Gasteiger partial charge in [-0.2, -0.15) is 13.2 Å². The summed E-state index contributed by atoms with van der Waals surface area (Å²) in [5.74, 6) is -0.226. The van der Waals surface area contributed by atoms with Gasteiger partial charge in [0.05, 0.1) is 0 Å². The summed E-state index contributed by atoms with van der Waals surface area (Å²) in [7, 11) is -1.97. The van der Waals surface area contributed by atoms with Crippen molar-refractivity contribution in [3.63, 3.8) is 0 Å². The Morgan fingerprint density at radius 1 is 1.53 bits per heavy atom. The molecule has 4 nitrogen and oxygen atoms in total. The molecule has 0 aromatic carbocycles. The molecule has 0 spiro atoms. The Bertz CT molecular complexity index is 369. The molecule has 84 valence electrons. The van der Waals surface area contributed by atoms with E-state index in [1.165, 1.54) is 18.3 Å². The van der Waals surface area contributed by atoms with Crippen LogP contribution in [0.3, 0.4) is 0 Å². The summed E-state index contributed by atoms with van der Waals surface area (Å²) in [5.41, 5.74) is 0. The second-order valence-electron chi connectivity index (χ2n) is 2.51. The summed E-state index contributed by atoms with van der Waals surface area (Å²) in [6.45, 7) is -1.47. The average Bonchev–Trinajstić information content (AvgIpc) is 2.14. The van der Waals surface area contributed by atoms with E-state index in [1.807, 2.05) is 0 Å². The minimum atomic E-state index is -4.46. The normalized spacial score (nSPS) is 13.6. The zero-order valence-electron chi connectivity index (χ0n) is 7.32. The van der Waals surface area contributed by atoms with Crippen molar-refractivity contribution in [2.45, 2.75) is 11.2 Å². The molecule has 8 heteroatoms. The second kappa shape index (κ2) is 4.58. The van der Waals surface area contributed by atoms with E-state index in [0.29, 0.717) is 0 Å². The maximum Gasteiger partial charge on any atom is 0.422 e. The van der Waals surface area contributed by atoms with Gasteiger partial charge in [0, 0.05) is 6.20 Å². The van der Waals surface area contributed by atoms with E-state index in [1.54, 1.807) is 0 Å². The Hall–Kier alpha value is -1.15. The molecule has 0 aliphatic rings. The molecule has 1 unspecified atom stereocenters. The van der Waals surface area contributed by atoms with Crippen molar-refractivity contribution >= 4 is 11.0 Å². The molecule has 0 radical (unpaired) electrons. The molecule has 0 fully saturated rings. The van der Waals surface area contributed by atoms with Gasteiger partial charge in [0.15, 0.2) is 17.4 Å². The number of rotatable bonds is 3. The molecule has 15 heavy (non-hydrogen) atoms. The van der Waals surface area contributed by atoms with Crippen LogP contribution in [0.1, 0.15) is 0 Å². The van der Waals surface area contributed by atoms with E-state index in [0.717, 1.165) is 0 Å². The number of hydrogen-bond donors (Lipinski definition) is 1. The minimum Gasteiger partial charge on any atom is -0.481 e. The molecule has 1 rings (SSSR count). The number of aromatic nitrogens is 1. The Morgan fingerprint density at radius 2 is 2.20 bits per heavy atom. The van der Waals surface area contributed by atoms with Crippen molar-refractivity contribution in [1.29, 1.82) is 0 Å². The number of alkyl halides is 3. The van der Waals surface area contributed by atoms with Crippen LogP contribution in [-0.2, 0) is 11.0 Å². The first kappa shape index (κ1) is 11.9. The number of halogens is 3. The van der Waals surface area contributed by atoms with Gasteiger partial charge in [-0.15, -0.1) is 0 Å². The summed E-state index contributed by atoms with van der Waals surface area (Å²) in [4.78, 5) is 3.56. The summed E-state index contributed by atoms with van der Waals surface area (Å²) in [5, 5.41) is 4.80. The van der Waals surface area contributed by atoms with Gasteiger partial charge in [-0.3, -0.25) is 0 Å². The highest BCUT2D eigenvalue weighted by molar-refractivity contribution is 7.82. The molecule has 0 aliphatic carbocycles. The Morgan fingerprint density at radius 3 is 2.73 bits per heavy atom. The van der Waals surface area contributed by atoms with Crippen LogP contribution >= 0.6 is 0 Å². The first-order valence-electron chi connectivity index (χ1n) is 3.71. The minimum absolute atomic E-state index is 0.207. The van der Waals surface area contributed by atoms with Gasteiger partial charge in [0.1, 0.15) is 11.0 Å². The lowest BCUT2D eigenvalue weighted by atomic mass is 10.4. The third-order valence-corrected chi connectivity index (χ3v) is 2.01. The Kier molecular flexibility index (Phi) is 3.64. The van der Waals surface area contributed by atoms with Crippen molar-refractivity contribution in [2.75, 3.05) is 6.61 Å². The summed E-state index contributed by atoms with van der Waals surface area (Å²) in [6.07, 6.45) is -3.19. The monoisotopic (exact) mass is 240 g/mol. The van der Waals surface area contributed by atoms with Crippen LogP contribution < -0.4 is 9.88 Å². The van der Waals surface area contributed by atoms with E-state index in [4.69, 9.17) is 5.14 Å². The van der Waals surface area contributed by atoms with E-state index in [2.05, 4.69) is 9.72 Å². The van der Waals surface area contributed by atoms with E-state index < -0.39 is 23.8 Å². The molecule has 0 saturated heterocycles. The maximum absolute atomic E-state index is 11.8. The third kappa shape index (κ3) is 3.84. The van der Waals surface area contributed by atoms with Crippen LogP contribution in [0.2, 0.25) is 0 Å². The molecule has 2 N–H and O–H groups in total. The van der Waals surface area contributed by atoms with Gasteiger partial charge in [-0.25, -0.2) is 14.3 Å². The lowest BCUT2D eigenvalue weighted by Crippen LogP contribution is -2.20. The third-order valence-electron chi connectivity index (χ3n) is 1.32. The fourth-order valence-electron chi connectivity index (χ4n) is 0.797. The average molecular weight is 240 g/mol. The topological polar surface area (TPSA) is 65.2 Å². The van der Waals surface area contributed by atoms with Crippen LogP contribution in [0.4, 0.5) is 13.2 Å². The SMILES string of the molecule is NS(=O)c1ncccc1OCC(F)(F)F. The Labute approximate surface area is 85.8 Å². The van der Waals surface area contributed by atoms with E-state index in [9.17, 15) is 17.4 Å². The highest BCUT2D eigenvalue weighted by atomic mass is 32.2. The maximum atomic E-state index is 11.8. The van der Waals surface area contributed by atoms with Gasteiger partial charge in [0.2, 0.25) is 0 Å². The lowest BCUT2D eigenvalue weighted by Gasteiger charge is -2.10. The zero-order valence-corrected chi connectivity index (χ0v) is 8.14. The highest BCUT2D eigenvalue weighted by Gasteiger charge is 2.29. The second-order valence-corrected chi connectivity index (χ2v) is 3.49. The van der Waals surface area contributed by atoms with E-state index in [-0.39, 0.29) is 10.8 Å². The van der Waals surface area contributed by atoms with Crippen LogP contribution in [0.25, 0.3) is 0 Å². The van der Waals surface area contributed by atoms with Gasteiger partial charge in [0.25, 0.3) is 0 Å². The standard InChI is InChI=1S/C7H7F3N2O2S/c8-7(9,10)4-14-5-2-1-3-12-6(5)15(11)13/h1-3H,4,11H2. The fourth-order valence-corrected chi connectivity index (χ4v) is 1.29. The molecule has 1 atom stereocenters. The van der Waals surface area contributed by atoms with Crippen molar-refractivity contribution in [2.24, 2.45) is 5.14 Å². The summed E-state index contributed by atoms with van der Waals surface area (Å²) in [6, 6.07) is 2.58. The summed E-state index contributed by atoms with van der Waals surface area (Å²) < 4.78 is 50.7. The molecule has 0 aliphatic heterocycles. The van der Waals surface area contributed by atoms with Gasteiger partial charge >= 0.3 is 6.18 Å². The number of nitrogens with zero attached hydrogens (tertiary/aromatic N) is 1. The van der Waals surface area contributed by atoms with Crippen LogP contribution in [0.15, 0.2) is 23.4 Å². The van der Waals surface area contributed by atoms with Crippen molar-refractivity contribution in [3.8, 4) is 5.75 Å². The number of nitrogens with two attached hydrogens (primary N) is 1. The lowest BCUT2D eigenvalue weighted by molar-refractivity contribution is -0.153. The number of pyridine rings is 1. The predicted molar refractivity (Wildman–Crippen MR) is 46.4 cm³/mol. The molecule has 0 bridgehead atoms. The first-order valence-corrected chi connectivity index (χ1v) is 4.92. The van der Waals surface area contributed by atoms with Crippen LogP contribution in [-0.4, -0.2) is 22.0 Å². The molecular formula is C7H7F3N2O2S. The largest absolute Gasteiger partial charge is 0.481 e. The quantitative estimate of drug-likeness (QED) is 0.857. The van der Waals surface area contributed by atoms with Crippen LogP contribution in [0.5, 0.6) is 5.75 Å². The van der Waals surface area contributed by atoms with Crippen molar-refractivity contribution < 1.29 is 22.1 Å². The Balaban J connectivity index is 2.81. The molecular weight excluding hydrogens is 233 g/mol. The van der Waals surface area contributed by atoms with E-state index >= 15 is 0 Å². The fraction of sp³-hybridized carbons (Fsp3) is 0.286. The van der Waals surface area contributed by atoms with Gasteiger partial charge < -0.3 is 4.74 Å². The number of hydrogen-bond acceptors (Lipinski definition) is 3. The number of ether oxygens (including phenoxy) is 1. The smallest absolute Gasteiger partial charge is 0.422 e. The highest BCUT2D eigenvalue weighted by Crippen LogP contribution is 2.21. The van der Waals surface area contributed by atoms with Gasteiger partial charge in [-0.05, 0) is 12.1 Å². The van der Waals surface area contributed by atoms with Crippen molar-refractivity contribution in [1.82, 2.24) is 4.98 Å². The van der Waals surface area contributed by atoms with Crippen LogP contribution in [0, 0.1) is 0 Å².